The van der Waals surface area contributed by atoms with Crippen molar-refractivity contribution in [3.05, 3.63) is 53.1 Å². The van der Waals surface area contributed by atoms with E-state index in [4.69, 9.17) is 21.1 Å². The first-order valence-electron chi connectivity index (χ1n) is 9.97. The van der Waals surface area contributed by atoms with Crippen molar-refractivity contribution in [2.24, 2.45) is 0 Å². The molecule has 0 aliphatic rings. The zero-order chi connectivity index (χ0) is 24.8. The number of likely N-dealkylation sites (N-methyl/N-ethyl adjacent to an activating group) is 1. The number of hydrogen-bond acceptors (Lipinski definition) is 6. The smallest absolute Gasteiger partial charge is 0.244 e. The summed E-state index contributed by atoms with van der Waals surface area (Å²) in [6, 6.07) is 10.7. The molecule has 2 rings (SSSR count). The van der Waals surface area contributed by atoms with E-state index < -0.39 is 34.4 Å². The van der Waals surface area contributed by atoms with E-state index in [2.05, 4.69) is 5.32 Å². The Labute approximate surface area is 199 Å². The highest BCUT2D eigenvalue weighted by molar-refractivity contribution is 7.92. The zero-order valence-corrected chi connectivity index (χ0v) is 20.7. The summed E-state index contributed by atoms with van der Waals surface area (Å²) in [4.78, 5) is 27.1. The van der Waals surface area contributed by atoms with E-state index in [1.807, 2.05) is 0 Å². The Morgan fingerprint density at radius 1 is 1.12 bits per heavy atom. The van der Waals surface area contributed by atoms with Crippen LogP contribution in [0.15, 0.2) is 42.5 Å². The molecule has 0 saturated heterocycles. The highest BCUT2D eigenvalue weighted by Crippen LogP contribution is 2.34. The fourth-order valence-corrected chi connectivity index (χ4v) is 4.23. The molecular formula is C22H28ClN3O6S. The van der Waals surface area contributed by atoms with Crippen LogP contribution in [0.2, 0.25) is 5.02 Å². The Bertz CT molecular complexity index is 1110. The zero-order valence-electron chi connectivity index (χ0n) is 19.2. The maximum absolute atomic E-state index is 13.4. The summed E-state index contributed by atoms with van der Waals surface area (Å²) >= 11 is 6.26. The molecule has 1 N–H and O–H groups in total. The number of rotatable bonds is 10. The summed E-state index contributed by atoms with van der Waals surface area (Å²) in [6.07, 6.45) is 0.986. The number of sulfonamides is 1. The Balaban J connectivity index is 2.49. The maximum Gasteiger partial charge on any atom is 0.244 e. The van der Waals surface area contributed by atoms with Crippen LogP contribution < -0.4 is 19.1 Å². The first kappa shape index (κ1) is 26.3. The van der Waals surface area contributed by atoms with Crippen LogP contribution in [0.1, 0.15) is 12.5 Å². The standard InChI is InChI=1S/C22H28ClN3O6S/c1-15(22(28)24-2)25(13-16-8-6-7-9-18(16)23)21(27)14-26(33(5,29)30)19-12-17(31-3)10-11-20(19)32-4/h6-12,15H,13-14H2,1-5H3,(H,24,28)/t15-/m0/s1. The van der Waals surface area contributed by atoms with Gasteiger partial charge < -0.3 is 19.7 Å². The number of nitrogens with zero attached hydrogens (tertiary/aromatic N) is 2. The molecule has 2 aromatic rings. The third kappa shape index (κ3) is 6.52. The first-order valence-corrected chi connectivity index (χ1v) is 12.2. The second-order valence-corrected chi connectivity index (χ2v) is 9.52. The molecule has 0 fully saturated rings. The SMILES string of the molecule is CNC(=O)[C@H](C)N(Cc1ccccc1Cl)C(=O)CN(c1cc(OC)ccc1OC)S(C)(=O)=O. The van der Waals surface area contributed by atoms with Gasteiger partial charge in [-0.3, -0.25) is 13.9 Å². The molecule has 33 heavy (non-hydrogen) atoms. The van der Waals surface area contributed by atoms with Gasteiger partial charge in [0.05, 0.1) is 26.2 Å². The van der Waals surface area contributed by atoms with Gasteiger partial charge in [0.1, 0.15) is 24.1 Å². The molecule has 2 amide bonds. The van der Waals surface area contributed by atoms with Crippen LogP contribution in [-0.4, -0.2) is 65.2 Å². The molecule has 0 unspecified atom stereocenters. The second kappa shape index (κ2) is 11.2. The third-order valence-corrected chi connectivity index (χ3v) is 6.54. The van der Waals surface area contributed by atoms with Crippen molar-refractivity contribution < 1.29 is 27.5 Å². The number of anilines is 1. The largest absolute Gasteiger partial charge is 0.497 e. The molecule has 180 valence electrons. The van der Waals surface area contributed by atoms with Crippen LogP contribution in [0.4, 0.5) is 5.69 Å². The van der Waals surface area contributed by atoms with Crippen molar-refractivity contribution in [1.82, 2.24) is 10.2 Å². The van der Waals surface area contributed by atoms with Crippen molar-refractivity contribution in [2.45, 2.75) is 19.5 Å². The van der Waals surface area contributed by atoms with Crippen molar-refractivity contribution in [3.63, 3.8) is 0 Å². The number of carbonyl (C=O) groups is 2. The molecule has 0 radical (unpaired) electrons. The molecule has 0 spiro atoms. The van der Waals surface area contributed by atoms with Gasteiger partial charge in [0.25, 0.3) is 0 Å². The molecule has 0 bridgehead atoms. The van der Waals surface area contributed by atoms with Crippen LogP contribution in [0, 0.1) is 0 Å². The topological polar surface area (TPSA) is 105 Å². The summed E-state index contributed by atoms with van der Waals surface area (Å²) in [7, 11) is 0.382. The van der Waals surface area contributed by atoms with Gasteiger partial charge >= 0.3 is 0 Å². The summed E-state index contributed by atoms with van der Waals surface area (Å²) in [5.41, 5.74) is 0.756. The van der Waals surface area contributed by atoms with Gasteiger partial charge in [-0.15, -0.1) is 0 Å². The molecule has 2 aromatic carbocycles. The lowest BCUT2D eigenvalue weighted by molar-refractivity contribution is -0.139. The minimum atomic E-state index is -3.91. The van der Waals surface area contributed by atoms with Crippen molar-refractivity contribution in [3.8, 4) is 11.5 Å². The van der Waals surface area contributed by atoms with E-state index in [0.717, 1.165) is 10.6 Å². The number of amides is 2. The fraction of sp³-hybridized carbons (Fsp3) is 0.364. The molecule has 0 saturated carbocycles. The first-order chi connectivity index (χ1) is 15.5. The second-order valence-electron chi connectivity index (χ2n) is 7.21. The molecule has 0 aromatic heterocycles. The van der Waals surface area contributed by atoms with Gasteiger partial charge in [0.2, 0.25) is 21.8 Å². The number of hydrogen-bond donors (Lipinski definition) is 1. The van der Waals surface area contributed by atoms with Gasteiger partial charge in [0.15, 0.2) is 0 Å². The van der Waals surface area contributed by atoms with Gasteiger partial charge in [0, 0.05) is 24.7 Å². The van der Waals surface area contributed by atoms with E-state index >= 15 is 0 Å². The van der Waals surface area contributed by atoms with Crippen LogP contribution in [0.5, 0.6) is 11.5 Å². The van der Waals surface area contributed by atoms with E-state index in [0.29, 0.717) is 16.3 Å². The highest BCUT2D eigenvalue weighted by atomic mass is 35.5. The average Bonchev–Trinajstić information content (AvgIpc) is 2.79. The van der Waals surface area contributed by atoms with Crippen LogP contribution in [0.3, 0.4) is 0 Å². The summed E-state index contributed by atoms with van der Waals surface area (Å²) < 4.78 is 36.8. The quantitative estimate of drug-likeness (QED) is 0.540. The molecule has 0 aliphatic heterocycles. The van der Waals surface area contributed by atoms with Gasteiger partial charge in [-0.2, -0.15) is 0 Å². The van der Waals surface area contributed by atoms with Crippen LogP contribution >= 0.6 is 11.6 Å². The normalized spacial score (nSPS) is 11.9. The number of methoxy groups -OCH3 is 2. The Morgan fingerprint density at radius 2 is 1.79 bits per heavy atom. The fourth-order valence-electron chi connectivity index (χ4n) is 3.19. The summed E-state index contributed by atoms with van der Waals surface area (Å²) in [5.74, 6) is -0.369. The lowest BCUT2D eigenvalue weighted by Crippen LogP contribution is -2.50. The Morgan fingerprint density at radius 3 is 2.33 bits per heavy atom. The summed E-state index contributed by atoms with van der Waals surface area (Å²) in [6.45, 7) is 1.01. The lowest BCUT2D eigenvalue weighted by Gasteiger charge is -2.31. The van der Waals surface area contributed by atoms with E-state index in [-0.39, 0.29) is 18.0 Å². The monoisotopic (exact) mass is 497 g/mol. The van der Waals surface area contributed by atoms with E-state index in [9.17, 15) is 18.0 Å². The minimum absolute atomic E-state index is 0.0138. The third-order valence-electron chi connectivity index (χ3n) is 5.05. The van der Waals surface area contributed by atoms with Crippen LogP contribution in [0.25, 0.3) is 0 Å². The number of carbonyl (C=O) groups excluding carboxylic acids is 2. The van der Waals surface area contributed by atoms with Crippen molar-refractivity contribution >= 4 is 39.1 Å². The molecule has 9 nitrogen and oxygen atoms in total. The average molecular weight is 498 g/mol. The van der Waals surface area contributed by atoms with Crippen LogP contribution in [-0.2, 0) is 26.2 Å². The molecule has 11 heteroatoms. The number of nitrogens with one attached hydrogen (secondary N) is 1. The molecule has 1 atom stereocenters. The summed E-state index contributed by atoms with van der Waals surface area (Å²) in [5, 5.41) is 2.94. The van der Waals surface area contributed by atoms with Gasteiger partial charge in [-0.05, 0) is 30.7 Å². The molecule has 0 aliphatic carbocycles. The predicted molar refractivity (Wildman–Crippen MR) is 127 cm³/mol. The number of halogens is 1. The lowest BCUT2D eigenvalue weighted by atomic mass is 10.1. The van der Waals surface area contributed by atoms with E-state index in [1.165, 1.54) is 32.2 Å². The maximum atomic E-state index is 13.4. The number of benzene rings is 2. The Hall–Kier alpha value is -2.98. The van der Waals surface area contributed by atoms with Gasteiger partial charge in [-0.25, -0.2) is 8.42 Å². The van der Waals surface area contributed by atoms with Crippen molar-refractivity contribution in [1.29, 1.82) is 0 Å². The minimum Gasteiger partial charge on any atom is -0.497 e. The molecular weight excluding hydrogens is 470 g/mol. The highest BCUT2D eigenvalue weighted by Gasteiger charge is 2.31. The molecule has 0 heterocycles. The van der Waals surface area contributed by atoms with E-state index in [1.54, 1.807) is 43.3 Å². The Kier molecular flexibility index (Phi) is 8.95. The van der Waals surface area contributed by atoms with Crippen molar-refractivity contribution in [2.75, 3.05) is 38.4 Å². The van der Waals surface area contributed by atoms with Gasteiger partial charge in [-0.1, -0.05) is 29.8 Å². The number of ether oxygens (including phenoxy) is 2. The predicted octanol–water partition coefficient (Wildman–Crippen LogP) is 2.29.